The Morgan fingerprint density at radius 1 is 1.11 bits per heavy atom. The fourth-order valence-electron chi connectivity index (χ4n) is 1.43. The Morgan fingerprint density at radius 3 is 1.83 bits per heavy atom. The van der Waals surface area contributed by atoms with Crippen molar-refractivity contribution in [2.24, 2.45) is 5.92 Å². The molecule has 0 spiro atoms. The molecule has 0 radical (unpaired) electrons. The number of nitrogens with zero attached hydrogens (tertiary/aromatic N) is 3. The van der Waals surface area contributed by atoms with Crippen LogP contribution in [0.15, 0.2) is 0 Å². The van der Waals surface area contributed by atoms with Crippen LogP contribution in [0.2, 0.25) is 0 Å². The molecule has 12 heteroatoms. The second kappa shape index (κ2) is 4.31. The molecule has 0 aromatic carbocycles. The van der Waals surface area contributed by atoms with Crippen LogP contribution in [-0.4, -0.2) is 32.5 Å². The molecule has 1 aliphatic heterocycles. The average Bonchev–Trinajstić information content (AvgIpc) is 2.51. The van der Waals surface area contributed by atoms with Gasteiger partial charge >= 0.3 is 17.7 Å². The summed E-state index contributed by atoms with van der Waals surface area (Å²) in [6.45, 7) is 0. The van der Waals surface area contributed by atoms with Crippen LogP contribution in [0.1, 0.15) is 12.8 Å². The highest BCUT2D eigenvalue weighted by Crippen LogP contribution is 2.29. The van der Waals surface area contributed by atoms with Crippen molar-refractivity contribution in [3.63, 3.8) is 0 Å². The molecule has 0 aromatic rings. The summed E-state index contributed by atoms with van der Waals surface area (Å²) < 4.78 is 4.01. The zero-order chi connectivity index (χ0) is 14.1. The molecule has 0 bridgehead atoms. The van der Waals surface area contributed by atoms with Gasteiger partial charge in [-0.2, -0.15) is 0 Å². The lowest BCUT2D eigenvalue weighted by Gasteiger charge is -2.10. The number of carbonyl (C=O) groups is 2. The van der Waals surface area contributed by atoms with Gasteiger partial charge in [-0.05, 0) is 0 Å². The minimum atomic E-state index is -3.76. The number of carbonyl (C=O) groups excluding carboxylic acids is 2. The maximum Gasteiger partial charge on any atom is 0.700 e. The summed E-state index contributed by atoms with van der Waals surface area (Å²) in [6.07, 6.45) is -2.00. The van der Waals surface area contributed by atoms with Crippen LogP contribution in [-0.2, 0) is 14.3 Å². The fraction of sp³-hybridized carbons (Fsp3) is 0.667. The first-order valence-electron chi connectivity index (χ1n) is 4.40. The maximum atomic E-state index is 11.0. The molecule has 0 amide bonds. The lowest BCUT2D eigenvalue weighted by molar-refractivity contribution is -0.971. The molecule has 12 nitrogen and oxygen atoms in total. The standard InChI is InChI=1S/C6H5N3O9/c10-4-1-3(5(11)18-4)2-6(7(12)13,8(14)15)9(16)17/h3H,1-2H2/t3-/m1/s1. The molecule has 1 atom stereocenters. The molecule has 1 fully saturated rings. The van der Waals surface area contributed by atoms with Gasteiger partial charge in [0.2, 0.25) is 0 Å². The average molecular weight is 263 g/mol. The van der Waals surface area contributed by atoms with Crippen molar-refractivity contribution in [2.45, 2.75) is 18.6 Å². The molecule has 1 rings (SSSR count). The van der Waals surface area contributed by atoms with Crippen molar-refractivity contribution in [3.8, 4) is 0 Å². The Hall–Kier alpha value is -2.66. The van der Waals surface area contributed by atoms with E-state index in [4.69, 9.17) is 0 Å². The molecule has 0 saturated carbocycles. The minimum absolute atomic E-state index is 0.657. The fourth-order valence-corrected chi connectivity index (χ4v) is 1.43. The number of hydrogen-bond acceptors (Lipinski definition) is 9. The molecule has 98 valence electrons. The van der Waals surface area contributed by atoms with Crippen LogP contribution < -0.4 is 0 Å². The van der Waals surface area contributed by atoms with E-state index in [2.05, 4.69) is 4.74 Å². The minimum Gasteiger partial charge on any atom is -0.393 e. The summed E-state index contributed by atoms with van der Waals surface area (Å²) in [5.41, 5.74) is 0. The van der Waals surface area contributed by atoms with Crippen LogP contribution in [0.4, 0.5) is 0 Å². The quantitative estimate of drug-likeness (QED) is 0.197. The molecule has 1 saturated heterocycles. The first-order chi connectivity index (χ1) is 8.21. The van der Waals surface area contributed by atoms with Gasteiger partial charge in [-0.3, -0.25) is 39.9 Å². The molecule has 18 heavy (non-hydrogen) atoms. The summed E-state index contributed by atoms with van der Waals surface area (Å²) in [5.74, 6) is -7.60. The van der Waals surface area contributed by atoms with Gasteiger partial charge in [0.05, 0.1) is 12.3 Å². The van der Waals surface area contributed by atoms with Crippen LogP contribution in [0.5, 0.6) is 0 Å². The third-order valence-electron chi connectivity index (χ3n) is 2.36. The molecule has 0 unspecified atom stereocenters. The lowest BCUT2D eigenvalue weighted by Crippen LogP contribution is -2.54. The zero-order valence-corrected chi connectivity index (χ0v) is 8.51. The Labute approximate surface area is 97.0 Å². The van der Waals surface area contributed by atoms with Crippen LogP contribution in [0.25, 0.3) is 0 Å². The van der Waals surface area contributed by atoms with E-state index >= 15 is 0 Å². The smallest absolute Gasteiger partial charge is 0.393 e. The SMILES string of the molecule is O=C1C[C@H](CC([N+](=O)[O-])([N+](=O)[O-])[N+](=O)[O-])C(=O)O1. The Morgan fingerprint density at radius 2 is 1.56 bits per heavy atom. The van der Waals surface area contributed by atoms with E-state index < -0.39 is 51.3 Å². The van der Waals surface area contributed by atoms with Crippen molar-refractivity contribution in [2.75, 3.05) is 0 Å². The van der Waals surface area contributed by atoms with Crippen LogP contribution >= 0.6 is 0 Å². The van der Waals surface area contributed by atoms with E-state index in [0.717, 1.165) is 0 Å². The molecule has 1 aliphatic rings. The normalized spacial score (nSPS) is 19.4. The maximum absolute atomic E-state index is 11.0. The van der Waals surface area contributed by atoms with Gasteiger partial charge in [0.1, 0.15) is 0 Å². The van der Waals surface area contributed by atoms with Crippen molar-refractivity contribution in [3.05, 3.63) is 30.3 Å². The van der Waals surface area contributed by atoms with Crippen molar-refractivity contribution < 1.29 is 29.1 Å². The van der Waals surface area contributed by atoms with Gasteiger partial charge in [-0.1, -0.05) is 0 Å². The summed E-state index contributed by atoms with van der Waals surface area (Å²) in [4.78, 5) is 48.3. The zero-order valence-electron chi connectivity index (χ0n) is 8.51. The lowest BCUT2D eigenvalue weighted by atomic mass is 9.99. The summed E-state index contributed by atoms with van der Waals surface area (Å²) >= 11 is 0. The van der Waals surface area contributed by atoms with Crippen molar-refractivity contribution in [1.82, 2.24) is 0 Å². The van der Waals surface area contributed by atoms with Crippen LogP contribution in [0, 0.1) is 36.3 Å². The monoisotopic (exact) mass is 263 g/mol. The van der Waals surface area contributed by atoms with E-state index in [9.17, 15) is 39.9 Å². The van der Waals surface area contributed by atoms with Gasteiger partial charge in [0, 0.05) is 0 Å². The molecule has 0 aliphatic carbocycles. The van der Waals surface area contributed by atoms with E-state index in [1.807, 2.05) is 0 Å². The van der Waals surface area contributed by atoms with Crippen molar-refractivity contribution in [1.29, 1.82) is 0 Å². The first kappa shape index (κ1) is 13.4. The Balaban J connectivity index is 3.10. The topological polar surface area (TPSA) is 173 Å². The van der Waals surface area contributed by atoms with Gasteiger partial charge in [0.25, 0.3) is 0 Å². The van der Waals surface area contributed by atoms with E-state index in [1.165, 1.54) is 0 Å². The van der Waals surface area contributed by atoms with E-state index in [1.54, 1.807) is 0 Å². The molecule has 0 aromatic heterocycles. The van der Waals surface area contributed by atoms with Crippen molar-refractivity contribution >= 4 is 11.9 Å². The Kier molecular flexibility index (Phi) is 3.21. The van der Waals surface area contributed by atoms with Crippen LogP contribution in [0.3, 0.4) is 0 Å². The third-order valence-corrected chi connectivity index (χ3v) is 2.36. The third kappa shape index (κ3) is 1.94. The molecule has 0 N–H and O–H groups in total. The van der Waals surface area contributed by atoms with Gasteiger partial charge in [0.15, 0.2) is 21.2 Å². The summed E-state index contributed by atoms with van der Waals surface area (Å²) in [7, 11) is 0. The number of hydrogen-bond donors (Lipinski definition) is 0. The molecule has 1 heterocycles. The first-order valence-corrected chi connectivity index (χ1v) is 4.40. The number of nitro groups is 3. The predicted molar refractivity (Wildman–Crippen MR) is 47.5 cm³/mol. The summed E-state index contributed by atoms with van der Waals surface area (Å²) in [6, 6.07) is 0. The largest absolute Gasteiger partial charge is 0.700 e. The van der Waals surface area contributed by atoms with E-state index in [-0.39, 0.29) is 0 Å². The predicted octanol–water partition coefficient (Wildman–Crippen LogP) is -1.05. The highest BCUT2D eigenvalue weighted by atomic mass is 16.7. The second-order valence-electron chi connectivity index (χ2n) is 3.44. The van der Waals surface area contributed by atoms with Gasteiger partial charge < -0.3 is 4.74 Å². The number of rotatable bonds is 5. The second-order valence-corrected chi connectivity index (χ2v) is 3.44. The molecular formula is C6H5N3O9. The molecular weight excluding hydrogens is 258 g/mol. The highest BCUT2D eigenvalue weighted by molar-refractivity contribution is 5.94. The van der Waals surface area contributed by atoms with E-state index in [0.29, 0.717) is 0 Å². The summed E-state index contributed by atoms with van der Waals surface area (Å²) in [5, 5.41) is 31.7. The number of esters is 2. The Bertz CT molecular complexity index is 421. The van der Waals surface area contributed by atoms with Gasteiger partial charge in [-0.15, -0.1) is 0 Å². The highest BCUT2D eigenvalue weighted by Gasteiger charge is 2.72. The van der Waals surface area contributed by atoms with Gasteiger partial charge in [-0.25, -0.2) is 0 Å². The number of ether oxygens (including phenoxy) is 1. The number of cyclic esters (lactones) is 2.